The topological polar surface area (TPSA) is 62.4 Å². The molecular weight excluding hydrogens is 282 g/mol. The molecule has 3 N–H and O–H groups in total. The highest BCUT2D eigenvalue weighted by molar-refractivity contribution is 7.16. The van der Waals surface area contributed by atoms with Crippen LogP contribution in [-0.2, 0) is 6.54 Å². The van der Waals surface area contributed by atoms with Gasteiger partial charge in [0.15, 0.2) is 0 Å². The number of hydrogen-bond donors (Lipinski definition) is 2. The number of benzene rings is 2. The van der Waals surface area contributed by atoms with E-state index in [4.69, 9.17) is 5.73 Å². The zero-order chi connectivity index (χ0) is 14.7. The van der Waals surface area contributed by atoms with Gasteiger partial charge in [0.25, 0.3) is 0 Å². The molecule has 0 spiro atoms. The fraction of sp³-hybridized carbons (Fsp3) is 0.188. The lowest BCUT2D eigenvalue weighted by Gasteiger charge is -2.25. The summed E-state index contributed by atoms with van der Waals surface area (Å²) in [5, 5.41) is 9.34. The van der Waals surface area contributed by atoms with Crippen molar-refractivity contribution in [3.63, 3.8) is 0 Å². The Morgan fingerprint density at radius 3 is 2.71 bits per heavy atom. The van der Waals surface area contributed by atoms with E-state index >= 15 is 0 Å². The molecule has 108 valence electrons. The lowest BCUT2D eigenvalue weighted by molar-refractivity contribution is 0.301. The van der Waals surface area contributed by atoms with Crippen LogP contribution < -0.4 is 10.6 Å². The lowest BCUT2D eigenvalue weighted by Crippen LogP contribution is -2.27. The number of hydrogen-bond acceptors (Lipinski definition) is 5. The Hall–Kier alpha value is -2.11. The number of aliphatic hydroxyl groups excluding tert-OH is 1. The predicted molar refractivity (Wildman–Crippen MR) is 88.6 cm³/mol. The molecule has 0 saturated heterocycles. The van der Waals surface area contributed by atoms with E-state index in [1.165, 1.54) is 5.56 Å². The molecule has 0 saturated carbocycles. The van der Waals surface area contributed by atoms with Crippen molar-refractivity contribution in [1.82, 2.24) is 4.98 Å². The van der Waals surface area contributed by atoms with E-state index in [1.54, 1.807) is 16.8 Å². The maximum absolute atomic E-state index is 9.34. The summed E-state index contributed by atoms with van der Waals surface area (Å²) in [6.45, 7) is 1.33. The average molecular weight is 299 g/mol. The zero-order valence-electron chi connectivity index (χ0n) is 11.6. The van der Waals surface area contributed by atoms with Gasteiger partial charge in [-0.2, -0.15) is 0 Å². The number of anilines is 2. The first-order valence-corrected chi connectivity index (χ1v) is 7.69. The largest absolute Gasteiger partial charge is 0.395 e. The molecule has 3 rings (SSSR count). The third-order valence-electron chi connectivity index (χ3n) is 3.45. The highest BCUT2D eigenvalue weighted by Crippen LogP contribution is 2.33. The molecule has 0 fully saturated rings. The molecule has 0 amide bonds. The van der Waals surface area contributed by atoms with Gasteiger partial charge in [-0.3, -0.25) is 0 Å². The van der Waals surface area contributed by atoms with Crippen LogP contribution in [0.5, 0.6) is 0 Å². The fourth-order valence-electron chi connectivity index (χ4n) is 2.43. The Balaban J connectivity index is 1.96. The summed E-state index contributed by atoms with van der Waals surface area (Å²) in [5.74, 6) is 0. The van der Waals surface area contributed by atoms with Crippen LogP contribution in [0.1, 0.15) is 5.56 Å². The van der Waals surface area contributed by atoms with Gasteiger partial charge >= 0.3 is 0 Å². The normalized spacial score (nSPS) is 10.9. The van der Waals surface area contributed by atoms with Crippen LogP contribution in [0.4, 0.5) is 11.4 Å². The number of rotatable bonds is 5. The molecule has 1 aromatic heterocycles. The lowest BCUT2D eigenvalue weighted by atomic mass is 10.1. The molecule has 0 radical (unpaired) electrons. The van der Waals surface area contributed by atoms with Crippen molar-refractivity contribution in [2.45, 2.75) is 6.54 Å². The Labute approximate surface area is 127 Å². The van der Waals surface area contributed by atoms with Crippen LogP contribution in [0, 0.1) is 0 Å². The minimum atomic E-state index is 0.0847. The summed E-state index contributed by atoms with van der Waals surface area (Å²) in [6, 6.07) is 14.2. The van der Waals surface area contributed by atoms with E-state index in [2.05, 4.69) is 22.0 Å². The van der Waals surface area contributed by atoms with E-state index in [-0.39, 0.29) is 6.61 Å². The third-order valence-corrected chi connectivity index (χ3v) is 4.24. The van der Waals surface area contributed by atoms with Crippen LogP contribution in [0.2, 0.25) is 0 Å². The number of thiazole rings is 1. The van der Waals surface area contributed by atoms with Gasteiger partial charge in [-0.25, -0.2) is 4.98 Å². The van der Waals surface area contributed by atoms with Crippen molar-refractivity contribution in [2.75, 3.05) is 23.8 Å². The SMILES string of the molecule is Nc1c(N(CCO)Cc2ccccc2)ccc2scnc12. The minimum Gasteiger partial charge on any atom is -0.395 e. The van der Waals surface area contributed by atoms with Gasteiger partial charge < -0.3 is 15.7 Å². The highest BCUT2D eigenvalue weighted by atomic mass is 32.1. The van der Waals surface area contributed by atoms with Gasteiger partial charge in [-0.05, 0) is 17.7 Å². The fourth-order valence-corrected chi connectivity index (χ4v) is 3.12. The summed E-state index contributed by atoms with van der Waals surface area (Å²) in [7, 11) is 0. The Bertz CT molecular complexity index is 727. The number of nitrogens with two attached hydrogens (primary N) is 1. The maximum atomic E-state index is 9.34. The molecule has 0 aliphatic carbocycles. The highest BCUT2D eigenvalue weighted by Gasteiger charge is 2.13. The minimum absolute atomic E-state index is 0.0847. The van der Waals surface area contributed by atoms with E-state index in [0.29, 0.717) is 18.8 Å². The van der Waals surface area contributed by atoms with Gasteiger partial charge in [-0.15, -0.1) is 11.3 Å². The van der Waals surface area contributed by atoms with Gasteiger partial charge in [-0.1, -0.05) is 30.3 Å². The van der Waals surface area contributed by atoms with Crippen molar-refractivity contribution in [3.8, 4) is 0 Å². The quantitative estimate of drug-likeness (QED) is 0.711. The number of aliphatic hydroxyl groups is 1. The molecule has 0 aliphatic rings. The molecule has 5 heteroatoms. The molecular formula is C16H17N3OS. The summed E-state index contributed by atoms with van der Waals surface area (Å²) < 4.78 is 1.08. The van der Waals surface area contributed by atoms with E-state index in [1.807, 2.05) is 30.3 Å². The second kappa shape index (κ2) is 6.11. The maximum Gasteiger partial charge on any atom is 0.106 e. The van der Waals surface area contributed by atoms with Crippen LogP contribution >= 0.6 is 11.3 Å². The first-order valence-electron chi connectivity index (χ1n) is 6.81. The van der Waals surface area contributed by atoms with Crippen LogP contribution in [-0.4, -0.2) is 23.2 Å². The van der Waals surface area contributed by atoms with E-state index < -0.39 is 0 Å². The second-order valence-corrected chi connectivity index (χ2v) is 5.71. The summed E-state index contributed by atoms with van der Waals surface area (Å²) in [6.07, 6.45) is 0. The summed E-state index contributed by atoms with van der Waals surface area (Å²) >= 11 is 1.58. The third kappa shape index (κ3) is 2.84. The zero-order valence-corrected chi connectivity index (χ0v) is 12.4. The molecule has 0 bridgehead atoms. The van der Waals surface area contributed by atoms with Crippen molar-refractivity contribution in [1.29, 1.82) is 0 Å². The van der Waals surface area contributed by atoms with E-state index in [9.17, 15) is 5.11 Å². The van der Waals surface area contributed by atoms with E-state index in [0.717, 1.165) is 15.9 Å². The van der Waals surface area contributed by atoms with Gasteiger partial charge in [0.2, 0.25) is 0 Å². The van der Waals surface area contributed by atoms with Gasteiger partial charge in [0.1, 0.15) is 5.52 Å². The first kappa shape index (κ1) is 13.9. The molecule has 21 heavy (non-hydrogen) atoms. The monoisotopic (exact) mass is 299 g/mol. The number of nitrogen functional groups attached to an aromatic ring is 1. The van der Waals surface area contributed by atoms with Gasteiger partial charge in [0, 0.05) is 13.1 Å². The van der Waals surface area contributed by atoms with Crippen molar-refractivity contribution in [2.24, 2.45) is 0 Å². The van der Waals surface area contributed by atoms with Crippen LogP contribution in [0.3, 0.4) is 0 Å². The number of fused-ring (bicyclic) bond motifs is 1. The molecule has 0 atom stereocenters. The smallest absolute Gasteiger partial charge is 0.106 e. The standard InChI is InChI=1S/C16H17N3OS/c17-15-13(6-7-14-16(15)18-11-21-14)19(8-9-20)10-12-4-2-1-3-5-12/h1-7,11,20H,8-10,17H2. The first-order chi connectivity index (χ1) is 10.3. The predicted octanol–water partition coefficient (Wildman–Crippen LogP) is 2.88. The molecule has 0 unspecified atom stereocenters. The summed E-state index contributed by atoms with van der Waals surface area (Å²) in [4.78, 5) is 6.42. The molecule has 3 aromatic rings. The second-order valence-electron chi connectivity index (χ2n) is 4.83. The van der Waals surface area contributed by atoms with Gasteiger partial charge in [0.05, 0.1) is 28.2 Å². The molecule has 2 aromatic carbocycles. The van der Waals surface area contributed by atoms with Crippen molar-refractivity contribution < 1.29 is 5.11 Å². The van der Waals surface area contributed by atoms with Crippen LogP contribution in [0.15, 0.2) is 48.0 Å². The molecule has 0 aliphatic heterocycles. The average Bonchev–Trinajstić information content (AvgIpc) is 2.98. The Kier molecular flexibility index (Phi) is 4.03. The number of nitrogens with zero attached hydrogens (tertiary/aromatic N) is 2. The molecule has 4 nitrogen and oxygen atoms in total. The van der Waals surface area contributed by atoms with Crippen molar-refractivity contribution in [3.05, 3.63) is 53.5 Å². The Morgan fingerprint density at radius 2 is 1.95 bits per heavy atom. The van der Waals surface area contributed by atoms with Crippen LogP contribution in [0.25, 0.3) is 10.2 Å². The Morgan fingerprint density at radius 1 is 1.14 bits per heavy atom. The molecule has 1 heterocycles. The van der Waals surface area contributed by atoms with Crippen molar-refractivity contribution >= 4 is 32.9 Å². The number of aromatic nitrogens is 1. The summed E-state index contributed by atoms with van der Waals surface area (Å²) in [5.41, 5.74) is 11.7.